The maximum atomic E-state index is 7.38. The molecule has 0 saturated carbocycles. The number of rotatable bonds is 3. The van der Waals surface area contributed by atoms with Crippen LogP contribution in [-0.2, 0) is 0 Å². The highest BCUT2D eigenvalue weighted by molar-refractivity contribution is 5.77. The zero-order chi connectivity index (χ0) is 11.7. The van der Waals surface area contributed by atoms with Crippen LogP contribution in [0.1, 0.15) is 32.6 Å². The van der Waals surface area contributed by atoms with E-state index in [2.05, 4.69) is 23.8 Å². The molecular weight excluding hydrogens is 200 g/mol. The first-order chi connectivity index (χ1) is 7.58. The van der Waals surface area contributed by atoms with Gasteiger partial charge in [0.25, 0.3) is 0 Å². The summed E-state index contributed by atoms with van der Waals surface area (Å²) in [7, 11) is 2.27. The van der Waals surface area contributed by atoms with Crippen LogP contribution in [0, 0.1) is 5.41 Å². The van der Waals surface area contributed by atoms with Crippen LogP contribution < -0.4 is 5.73 Å². The van der Waals surface area contributed by atoms with E-state index in [1.807, 2.05) is 0 Å². The molecule has 2 saturated heterocycles. The number of hydrogen-bond donors (Lipinski definition) is 2. The van der Waals surface area contributed by atoms with Crippen LogP contribution in [0.5, 0.6) is 0 Å². The molecule has 2 rings (SSSR count). The summed E-state index contributed by atoms with van der Waals surface area (Å²) in [5.41, 5.74) is 5.49. The number of nitrogens with zero attached hydrogens (tertiary/aromatic N) is 2. The topological polar surface area (TPSA) is 56.4 Å². The lowest BCUT2D eigenvalue weighted by molar-refractivity contribution is 0.183. The van der Waals surface area contributed by atoms with Crippen molar-refractivity contribution in [3.05, 3.63) is 0 Å². The Bertz CT molecular complexity index is 266. The smallest absolute Gasteiger partial charge is 0.0920 e. The third-order valence-corrected chi connectivity index (χ3v) is 4.32. The van der Waals surface area contributed by atoms with E-state index >= 15 is 0 Å². The third kappa shape index (κ3) is 2.38. The summed E-state index contributed by atoms with van der Waals surface area (Å²) in [4.78, 5) is 5.07. The molecule has 0 aromatic rings. The average molecular weight is 224 g/mol. The van der Waals surface area contributed by atoms with Gasteiger partial charge in [-0.3, -0.25) is 15.2 Å². The Morgan fingerprint density at radius 3 is 2.75 bits per heavy atom. The lowest BCUT2D eigenvalue weighted by atomic mass is 10.1. The Balaban J connectivity index is 1.95. The Labute approximate surface area is 98.3 Å². The van der Waals surface area contributed by atoms with Crippen LogP contribution in [0.4, 0.5) is 0 Å². The average Bonchev–Trinajstić information content (AvgIpc) is 2.39. The fraction of sp³-hybridized carbons (Fsp3) is 0.917. The summed E-state index contributed by atoms with van der Waals surface area (Å²) < 4.78 is 0. The molecule has 0 aromatic heterocycles. The standard InChI is InChI=1S/C12H24N4/c1-9(7-12(13)14)16-6-5-10-3-4-11(8-16)15(10)2/h9-11H,3-8H2,1-2H3,(H3,13,14). The number of nitrogens with two attached hydrogens (primary N) is 1. The van der Waals surface area contributed by atoms with Crippen LogP contribution in [0.15, 0.2) is 0 Å². The van der Waals surface area contributed by atoms with E-state index in [4.69, 9.17) is 11.1 Å². The molecule has 0 amide bonds. The summed E-state index contributed by atoms with van der Waals surface area (Å²) in [6.07, 6.45) is 4.69. The molecule has 4 nitrogen and oxygen atoms in total. The van der Waals surface area contributed by atoms with Gasteiger partial charge in [0.05, 0.1) is 5.84 Å². The Morgan fingerprint density at radius 2 is 2.06 bits per heavy atom. The molecule has 2 aliphatic heterocycles. The van der Waals surface area contributed by atoms with Gasteiger partial charge in [0.2, 0.25) is 0 Å². The van der Waals surface area contributed by atoms with Gasteiger partial charge in [-0.25, -0.2) is 0 Å². The van der Waals surface area contributed by atoms with Crippen molar-refractivity contribution in [1.82, 2.24) is 9.80 Å². The molecule has 2 fully saturated rings. The van der Waals surface area contributed by atoms with Crippen molar-refractivity contribution in [3.63, 3.8) is 0 Å². The van der Waals surface area contributed by atoms with E-state index in [-0.39, 0.29) is 0 Å². The first-order valence-corrected chi connectivity index (χ1v) is 6.37. The predicted octanol–water partition coefficient (Wildman–Crippen LogP) is 0.869. The van der Waals surface area contributed by atoms with Crippen LogP contribution in [-0.4, -0.2) is 53.9 Å². The van der Waals surface area contributed by atoms with Gasteiger partial charge in [0, 0.05) is 31.1 Å². The second kappa shape index (κ2) is 4.72. The molecule has 3 unspecified atom stereocenters. The minimum Gasteiger partial charge on any atom is -0.388 e. The van der Waals surface area contributed by atoms with E-state index in [1.54, 1.807) is 0 Å². The van der Waals surface area contributed by atoms with Gasteiger partial charge in [0.1, 0.15) is 0 Å². The quantitative estimate of drug-likeness (QED) is 0.552. The molecule has 4 heteroatoms. The highest BCUT2D eigenvalue weighted by atomic mass is 15.3. The number of likely N-dealkylation sites (N-methyl/N-ethyl adjacent to an activating group) is 1. The monoisotopic (exact) mass is 224 g/mol. The molecule has 0 aromatic carbocycles. The second-order valence-electron chi connectivity index (χ2n) is 5.41. The summed E-state index contributed by atoms with van der Waals surface area (Å²) in [5.74, 6) is 0.315. The Kier molecular flexibility index (Phi) is 3.50. The van der Waals surface area contributed by atoms with Crippen molar-refractivity contribution in [1.29, 1.82) is 5.41 Å². The first-order valence-electron chi connectivity index (χ1n) is 6.37. The van der Waals surface area contributed by atoms with Crippen molar-refractivity contribution in [2.45, 2.75) is 50.7 Å². The normalized spacial score (nSPS) is 33.6. The van der Waals surface area contributed by atoms with E-state index in [0.29, 0.717) is 18.3 Å². The largest absolute Gasteiger partial charge is 0.388 e. The van der Waals surface area contributed by atoms with Gasteiger partial charge in [-0.1, -0.05) is 0 Å². The fourth-order valence-corrected chi connectivity index (χ4v) is 3.18. The van der Waals surface area contributed by atoms with Crippen LogP contribution in [0.3, 0.4) is 0 Å². The second-order valence-corrected chi connectivity index (χ2v) is 5.41. The van der Waals surface area contributed by atoms with Crippen molar-refractivity contribution >= 4 is 5.84 Å². The fourth-order valence-electron chi connectivity index (χ4n) is 3.18. The number of hydrogen-bond acceptors (Lipinski definition) is 3. The molecule has 3 atom stereocenters. The van der Waals surface area contributed by atoms with Gasteiger partial charge in [-0.2, -0.15) is 0 Å². The van der Waals surface area contributed by atoms with E-state index in [1.165, 1.54) is 25.8 Å². The van der Waals surface area contributed by atoms with Crippen molar-refractivity contribution in [2.24, 2.45) is 5.73 Å². The summed E-state index contributed by atoms with van der Waals surface area (Å²) >= 11 is 0. The lowest BCUT2D eigenvalue weighted by Gasteiger charge is -2.30. The van der Waals surface area contributed by atoms with Gasteiger partial charge in [-0.15, -0.1) is 0 Å². The third-order valence-electron chi connectivity index (χ3n) is 4.32. The van der Waals surface area contributed by atoms with Crippen LogP contribution in [0.2, 0.25) is 0 Å². The number of fused-ring (bicyclic) bond motifs is 2. The zero-order valence-corrected chi connectivity index (χ0v) is 10.4. The minimum atomic E-state index is 0.315. The molecule has 0 spiro atoms. The molecular formula is C12H24N4. The van der Waals surface area contributed by atoms with Gasteiger partial charge >= 0.3 is 0 Å². The molecule has 2 bridgehead atoms. The van der Waals surface area contributed by atoms with Crippen molar-refractivity contribution in [3.8, 4) is 0 Å². The molecule has 2 aliphatic rings. The molecule has 0 radical (unpaired) electrons. The molecule has 3 N–H and O–H groups in total. The Hall–Kier alpha value is -0.610. The highest BCUT2D eigenvalue weighted by Crippen LogP contribution is 2.29. The van der Waals surface area contributed by atoms with E-state index < -0.39 is 0 Å². The van der Waals surface area contributed by atoms with Crippen LogP contribution >= 0.6 is 0 Å². The maximum absolute atomic E-state index is 7.38. The molecule has 92 valence electrons. The summed E-state index contributed by atoms with van der Waals surface area (Å²) in [6.45, 7) is 4.52. The SMILES string of the molecule is CC(CC(=N)N)N1CCC2CCC(C1)N2C. The Morgan fingerprint density at radius 1 is 1.38 bits per heavy atom. The van der Waals surface area contributed by atoms with Crippen LogP contribution in [0.25, 0.3) is 0 Å². The van der Waals surface area contributed by atoms with Crippen molar-refractivity contribution in [2.75, 3.05) is 20.1 Å². The van der Waals surface area contributed by atoms with E-state index in [0.717, 1.165) is 18.6 Å². The summed E-state index contributed by atoms with van der Waals surface area (Å²) in [6, 6.07) is 1.94. The maximum Gasteiger partial charge on any atom is 0.0920 e. The molecule has 0 aliphatic carbocycles. The van der Waals surface area contributed by atoms with Crippen molar-refractivity contribution < 1.29 is 0 Å². The molecule has 2 heterocycles. The van der Waals surface area contributed by atoms with Gasteiger partial charge in [-0.05, 0) is 39.8 Å². The predicted molar refractivity (Wildman–Crippen MR) is 66.8 cm³/mol. The highest BCUT2D eigenvalue weighted by Gasteiger charge is 2.35. The molecule has 16 heavy (non-hydrogen) atoms. The minimum absolute atomic E-state index is 0.315. The first kappa shape index (κ1) is 11.9. The lowest BCUT2D eigenvalue weighted by Crippen LogP contribution is -2.42. The summed E-state index contributed by atoms with van der Waals surface area (Å²) in [5, 5.41) is 7.38. The zero-order valence-electron chi connectivity index (χ0n) is 10.4. The number of amidine groups is 1. The van der Waals surface area contributed by atoms with Gasteiger partial charge in [0.15, 0.2) is 0 Å². The number of nitrogens with one attached hydrogen (secondary N) is 1. The number of likely N-dealkylation sites (tertiary alicyclic amines) is 1. The van der Waals surface area contributed by atoms with E-state index in [9.17, 15) is 0 Å². The van der Waals surface area contributed by atoms with Gasteiger partial charge < -0.3 is 5.73 Å².